The first-order valence-electron chi connectivity index (χ1n) is 7.58. The van der Waals surface area contributed by atoms with E-state index < -0.39 is 0 Å². The fourth-order valence-electron chi connectivity index (χ4n) is 2.16. The van der Waals surface area contributed by atoms with Crippen molar-refractivity contribution < 1.29 is 14.3 Å². The minimum Gasteiger partial charge on any atom is -0.495 e. The van der Waals surface area contributed by atoms with Crippen molar-refractivity contribution in [2.45, 2.75) is 13.8 Å². The number of nitrogens with one attached hydrogen (secondary N) is 2. The van der Waals surface area contributed by atoms with Crippen molar-refractivity contribution in [3.63, 3.8) is 0 Å². The molecule has 0 aliphatic carbocycles. The summed E-state index contributed by atoms with van der Waals surface area (Å²) in [5.41, 5.74) is 2.16. The van der Waals surface area contributed by atoms with Gasteiger partial charge in [-0.15, -0.1) is 0 Å². The van der Waals surface area contributed by atoms with Gasteiger partial charge in [0.1, 0.15) is 23.1 Å². The van der Waals surface area contributed by atoms with Crippen LogP contribution in [0.2, 0.25) is 0 Å². The molecule has 0 unspecified atom stereocenters. The van der Waals surface area contributed by atoms with Gasteiger partial charge in [0.2, 0.25) is 0 Å². The van der Waals surface area contributed by atoms with E-state index in [1.165, 1.54) is 0 Å². The van der Waals surface area contributed by atoms with Crippen LogP contribution in [0.4, 0.5) is 11.5 Å². The van der Waals surface area contributed by atoms with Crippen molar-refractivity contribution in [3.05, 3.63) is 41.3 Å². The number of aromatic nitrogens is 2. The Labute approximate surface area is 141 Å². The Bertz CT molecular complexity index is 719. The molecule has 24 heavy (non-hydrogen) atoms. The number of aryl methyl sites for hydroxylation is 2. The highest BCUT2D eigenvalue weighted by atomic mass is 16.5. The maximum absolute atomic E-state index is 12.1. The van der Waals surface area contributed by atoms with Crippen LogP contribution in [0.15, 0.2) is 24.3 Å². The van der Waals surface area contributed by atoms with Gasteiger partial charge in [0.25, 0.3) is 5.91 Å². The molecule has 0 aliphatic heterocycles. The Morgan fingerprint density at radius 1 is 1.17 bits per heavy atom. The van der Waals surface area contributed by atoms with E-state index in [9.17, 15) is 4.79 Å². The number of hydrogen-bond acceptors (Lipinski definition) is 6. The fraction of sp³-hybridized carbons (Fsp3) is 0.353. The summed E-state index contributed by atoms with van der Waals surface area (Å²) in [5, 5.41) is 5.93. The molecule has 2 rings (SSSR count). The third-order valence-electron chi connectivity index (χ3n) is 3.28. The van der Waals surface area contributed by atoms with Crippen LogP contribution in [0.25, 0.3) is 0 Å². The first-order valence-corrected chi connectivity index (χ1v) is 7.58. The van der Waals surface area contributed by atoms with Gasteiger partial charge in [-0.1, -0.05) is 6.07 Å². The Balaban J connectivity index is 2.22. The molecule has 0 fully saturated rings. The van der Waals surface area contributed by atoms with E-state index in [2.05, 4.69) is 20.6 Å². The summed E-state index contributed by atoms with van der Waals surface area (Å²) < 4.78 is 10.3. The smallest absolute Gasteiger partial charge is 0.270 e. The molecule has 128 valence electrons. The number of methoxy groups -OCH3 is 2. The van der Waals surface area contributed by atoms with Gasteiger partial charge in [0.05, 0.1) is 19.4 Å². The van der Waals surface area contributed by atoms with Gasteiger partial charge >= 0.3 is 0 Å². The van der Waals surface area contributed by atoms with Gasteiger partial charge < -0.3 is 20.1 Å². The van der Waals surface area contributed by atoms with Crippen LogP contribution in [-0.4, -0.2) is 43.2 Å². The van der Waals surface area contributed by atoms with Gasteiger partial charge in [-0.05, 0) is 31.5 Å². The normalized spacial score (nSPS) is 10.3. The van der Waals surface area contributed by atoms with Gasteiger partial charge in [0.15, 0.2) is 0 Å². The lowest BCUT2D eigenvalue weighted by Gasteiger charge is -2.12. The predicted octanol–water partition coefficient (Wildman–Crippen LogP) is 2.22. The molecule has 0 saturated heterocycles. The molecule has 1 heterocycles. The predicted molar refractivity (Wildman–Crippen MR) is 92.0 cm³/mol. The van der Waals surface area contributed by atoms with Crippen LogP contribution in [0.5, 0.6) is 5.75 Å². The number of nitrogens with zero attached hydrogens (tertiary/aromatic N) is 2. The van der Waals surface area contributed by atoms with Crippen molar-refractivity contribution >= 4 is 17.4 Å². The molecule has 7 heteroatoms. The minimum atomic E-state index is -0.267. The van der Waals surface area contributed by atoms with E-state index in [1.54, 1.807) is 27.2 Å². The number of amides is 1. The molecule has 0 spiro atoms. The highest BCUT2D eigenvalue weighted by Crippen LogP contribution is 2.28. The monoisotopic (exact) mass is 330 g/mol. The Morgan fingerprint density at radius 3 is 2.67 bits per heavy atom. The number of rotatable bonds is 7. The van der Waals surface area contributed by atoms with Crippen LogP contribution in [0.1, 0.15) is 21.9 Å². The topological polar surface area (TPSA) is 85.4 Å². The zero-order chi connectivity index (χ0) is 17.5. The van der Waals surface area contributed by atoms with Crippen LogP contribution >= 0.6 is 0 Å². The first kappa shape index (κ1) is 17.7. The molecule has 1 aromatic carbocycles. The number of ether oxygens (including phenoxy) is 2. The maximum Gasteiger partial charge on any atom is 0.270 e. The summed E-state index contributed by atoms with van der Waals surface area (Å²) in [6, 6.07) is 7.40. The third kappa shape index (κ3) is 4.66. The van der Waals surface area contributed by atoms with Gasteiger partial charge in [-0.3, -0.25) is 4.79 Å². The average molecular weight is 330 g/mol. The number of carbonyl (C=O) groups is 1. The van der Waals surface area contributed by atoms with Crippen LogP contribution in [0, 0.1) is 13.8 Å². The summed E-state index contributed by atoms with van der Waals surface area (Å²) in [6.45, 7) is 4.60. The molecule has 0 bridgehead atoms. The Hall–Kier alpha value is -2.67. The molecule has 2 aromatic rings. The summed E-state index contributed by atoms with van der Waals surface area (Å²) in [4.78, 5) is 20.7. The zero-order valence-corrected chi connectivity index (χ0v) is 14.3. The number of hydrogen-bond donors (Lipinski definition) is 2. The minimum absolute atomic E-state index is 0.267. The van der Waals surface area contributed by atoms with Crippen LogP contribution < -0.4 is 15.4 Å². The molecular formula is C17H22N4O3. The molecule has 0 radical (unpaired) electrons. The standard InChI is InChI=1S/C17H22N4O3/c1-11-5-6-15(24-4)13(9-11)21-16-10-14(19-12(2)20-16)17(22)18-7-8-23-3/h5-6,9-10H,7-8H2,1-4H3,(H,18,22)(H,19,20,21). The summed E-state index contributed by atoms with van der Waals surface area (Å²) in [5.74, 6) is 1.46. The van der Waals surface area contributed by atoms with E-state index >= 15 is 0 Å². The molecular weight excluding hydrogens is 308 g/mol. The molecule has 0 atom stereocenters. The first-order chi connectivity index (χ1) is 11.5. The van der Waals surface area contributed by atoms with Crippen LogP contribution in [-0.2, 0) is 4.74 Å². The highest BCUT2D eigenvalue weighted by Gasteiger charge is 2.11. The van der Waals surface area contributed by atoms with E-state index in [0.717, 1.165) is 11.3 Å². The van der Waals surface area contributed by atoms with Crippen molar-refractivity contribution in [1.82, 2.24) is 15.3 Å². The lowest BCUT2D eigenvalue weighted by molar-refractivity contribution is 0.0932. The third-order valence-corrected chi connectivity index (χ3v) is 3.28. The fourth-order valence-corrected chi connectivity index (χ4v) is 2.16. The van der Waals surface area contributed by atoms with Crippen LogP contribution in [0.3, 0.4) is 0 Å². The molecule has 1 amide bonds. The molecule has 1 aromatic heterocycles. The van der Waals surface area contributed by atoms with E-state index in [4.69, 9.17) is 9.47 Å². The lowest BCUT2D eigenvalue weighted by atomic mass is 10.2. The summed E-state index contributed by atoms with van der Waals surface area (Å²) in [7, 11) is 3.19. The largest absolute Gasteiger partial charge is 0.495 e. The second-order valence-corrected chi connectivity index (χ2v) is 5.26. The second kappa shape index (κ2) is 8.26. The Kier molecular flexibility index (Phi) is 6.08. The number of carbonyl (C=O) groups excluding carboxylic acids is 1. The molecule has 0 saturated carbocycles. The van der Waals surface area contributed by atoms with Crippen molar-refractivity contribution in [1.29, 1.82) is 0 Å². The van der Waals surface area contributed by atoms with E-state index in [-0.39, 0.29) is 5.91 Å². The van der Waals surface area contributed by atoms with Crippen molar-refractivity contribution in [2.24, 2.45) is 0 Å². The quantitative estimate of drug-likeness (QED) is 0.757. The number of benzene rings is 1. The zero-order valence-electron chi connectivity index (χ0n) is 14.3. The van der Waals surface area contributed by atoms with Gasteiger partial charge in [-0.2, -0.15) is 0 Å². The van der Waals surface area contributed by atoms with Crippen molar-refractivity contribution in [2.75, 3.05) is 32.7 Å². The second-order valence-electron chi connectivity index (χ2n) is 5.26. The van der Waals surface area contributed by atoms with Crippen molar-refractivity contribution in [3.8, 4) is 5.75 Å². The van der Waals surface area contributed by atoms with E-state index in [1.807, 2.05) is 25.1 Å². The molecule has 7 nitrogen and oxygen atoms in total. The highest BCUT2D eigenvalue weighted by molar-refractivity contribution is 5.93. The summed E-state index contributed by atoms with van der Waals surface area (Å²) in [6.07, 6.45) is 0. The summed E-state index contributed by atoms with van der Waals surface area (Å²) >= 11 is 0. The number of anilines is 2. The average Bonchev–Trinajstić information content (AvgIpc) is 2.54. The maximum atomic E-state index is 12.1. The molecule has 0 aliphatic rings. The molecule has 2 N–H and O–H groups in total. The Morgan fingerprint density at radius 2 is 1.96 bits per heavy atom. The van der Waals surface area contributed by atoms with Gasteiger partial charge in [0, 0.05) is 19.7 Å². The van der Waals surface area contributed by atoms with Gasteiger partial charge in [-0.25, -0.2) is 9.97 Å². The SMILES string of the molecule is COCCNC(=O)c1cc(Nc2cc(C)ccc2OC)nc(C)n1. The van der Waals surface area contributed by atoms with E-state index in [0.29, 0.717) is 36.2 Å². The lowest BCUT2D eigenvalue weighted by Crippen LogP contribution is -2.28.